The highest BCUT2D eigenvalue weighted by molar-refractivity contribution is 5.20. The third kappa shape index (κ3) is 3.63. The van der Waals surface area contributed by atoms with E-state index in [2.05, 4.69) is 20.0 Å². The molecule has 0 radical (unpaired) electrons. The summed E-state index contributed by atoms with van der Waals surface area (Å²) in [6.07, 6.45) is 8.45. The summed E-state index contributed by atoms with van der Waals surface area (Å²) in [6.45, 7) is 4.46. The van der Waals surface area contributed by atoms with Crippen LogP contribution >= 0.6 is 0 Å². The Balaban J connectivity index is 1.50. The van der Waals surface area contributed by atoms with Crippen LogP contribution < -0.4 is 5.56 Å². The van der Waals surface area contributed by atoms with Crippen molar-refractivity contribution in [3.05, 3.63) is 51.5 Å². The lowest BCUT2D eigenvalue weighted by Gasteiger charge is -2.25. The second-order valence-electron chi connectivity index (χ2n) is 7.21. The lowest BCUT2D eigenvalue weighted by Crippen LogP contribution is -2.37. The number of hydrogen-bond donors (Lipinski definition) is 0. The summed E-state index contributed by atoms with van der Waals surface area (Å²) in [5.74, 6) is 0.806. The van der Waals surface area contributed by atoms with Crippen LogP contribution in [0.4, 0.5) is 0 Å². The Labute approximate surface area is 147 Å². The summed E-state index contributed by atoms with van der Waals surface area (Å²) in [5, 5.41) is 4.68. The molecule has 1 atom stereocenters. The number of fused-ring (bicyclic) bond motifs is 1. The first kappa shape index (κ1) is 16.4. The number of nitrogens with zero attached hydrogens (tertiary/aromatic N) is 5. The summed E-state index contributed by atoms with van der Waals surface area (Å²) in [7, 11) is 0. The minimum Gasteiger partial charge on any atom is -0.293 e. The Morgan fingerprint density at radius 2 is 2.12 bits per heavy atom. The largest absolute Gasteiger partial charge is 0.293 e. The summed E-state index contributed by atoms with van der Waals surface area (Å²) >= 11 is 0. The molecule has 2 aromatic rings. The van der Waals surface area contributed by atoms with Crippen LogP contribution in [0.1, 0.15) is 48.5 Å². The molecule has 1 unspecified atom stereocenters. The fourth-order valence-electron chi connectivity index (χ4n) is 4.04. The van der Waals surface area contributed by atoms with E-state index in [1.807, 2.05) is 25.3 Å². The Morgan fingerprint density at radius 3 is 3.00 bits per heavy atom. The molecule has 0 amide bonds. The van der Waals surface area contributed by atoms with Crippen molar-refractivity contribution in [2.75, 3.05) is 6.54 Å². The lowest BCUT2D eigenvalue weighted by molar-refractivity contribution is 0.213. The molecule has 0 N–H and O–H groups in total. The van der Waals surface area contributed by atoms with E-state index in [0.717, 1.165) is 61.5 Å². The fraction of sp³-hybridized carbons (Fsp3) is 0.579. The molecule has 2 aliphatic rings. The molecule has 0 spiro atoms. The molecule has 0 saturated carbocycles. The molecule has 6 nitrogen and oxygen atoms in total. The van der Waals surface area contributed by atoms with Crippen LogP contribution in [-0.4, -0.2) is 37.2 Å². The maximum atomic E-state index is 12.4. The summed E-state index contributed by atoms with van der Waals surface area (Å²) in [6, 6.07) is 4.14. The van der Waals surface area contributed by atoms with E-state index in [-0.39, 0.29) is 5.56 Å². The molecule has 4 rings (SSSR count). The van der Waals surface area contributed by atoms with Crippen molar-refractivity contribution in [2.45, 2.75) is 64.6 Å². The van der Waals surface area contributed by atoms with Crippen LogP contribution in [0.15, 0.2) is 23.1 Å². The maximum Gasteiger partial charge on any atom is 0.267 e. The van der Waals surface area contributed by atoms with Crippen molar-refractivity contribution in [3.63, 3.8) is 0 Å². The van der Waals surface area contributed by atoms with Gasteiger partial charge in [0.1, 0.15) is 5.82 Å². The normalized spacial score (nSPS) is 20.6. The van der Waals surface area contributed by atoms with Crippen LogP contribution in [0.3, 0.4) is 0 Å². The maximum absolute atomic E-state index is 12.4. The minimum atomic E-state index is 0.0466. The molecule has 1 aliphatic carbocycles. The zero-order valence-electron chi connectivity index (χ0n) is 14.8. The van der Waals surface area contributed by atoms with Gasteiger partial charge in [0.05, 0.1) is 17.9 Å². The highest BCUT2D eigenvalue weighted by Gasteiger charge is 2.26. The topological polar surface area (TPSA) is 63.9 Å². The SMILES string of the molecule is Cc1nccc(CN2CCCC2Cn2nc3c(cc2=O)CCCC3)n1. The van der Waals surface area contributed by atoms with E-state index in [4.69, 9.17) is 0 Å². The Bertz CT molecular complexity index is 816. The smallest absolute Gasteiger partial charge is 0.267 e. The van der Waals surface area contributed by atoms with Crippen LogP contribution in [-0.2, 0) is 25.9 Å². The van der Waals surface area contributed by atoms with Crippen LogP contribution in [0.2, 0.25) is 0 Å². The van der Waals surface area contributed by atoms with E-state index in [1.165, 1.54) is 12.8 Å². The van der Waals surface area contributed by atoms with Crippen molar-refractivity contribution in [3.8, 4) is 0 Å². The van der Waals surface area contributed by atoms with Gasteiger partial charge in [-0.25, -0.2) is 14.6 Å². The second-order valence-corrected chi connectivity index (χ2v) is 7.21. The lowest BCUT2D eigenvalue weighted by atomic mass is 9.97. The monoisotopic (exact) mass is 339 g/mol. The van der Waals surface area contributed by atoms with Gasteiger partial charge < -0.3 is 0 Å². The second kappa shape index (κ2) is 7.04. The Hall–Kier alpha value is -2.08. The molecular weight excluding hydrogens is 314 g/mol. The van der Waals surface area contributed by atoms with Crippen LogP contribution in [0.5, 0.6) is 0 Å². The van der Waals surface area contributed by atoms with Gasteiger partial charge >= 0.3 is 0 Å². The molecule has 1 fully saturated rings. The van der Waals surface area contributed by atoms with Crippen molar-refractivity contribution >= 4 is 0 Å². The molecule has 132 valence electrons. The number of hydrogen-bond acceptors (Lipinski definition) is 5. The predicted molar refractivity (Wildman–Crippen MR) is 95.3 cm³/mol. The minimum absolute atomic E-state index is 0.0466. The van der Waals surface area contributed by atoms with Gasteiger partial charge in [-0.3, -0.25) is 9.69 Å². The predicted octanol–water partition coefficient (Wildman–Crippen LogP) is 1.89. The van der Waals surface area contributed by atoms with Crippen molar-refractivity contribution in [1.29, 1.82) is 0 Å². The standard InChI is InChI=1S/C19H25N5O/c1-14-20-9-8-16(21-14)12-23-10-4-6-17(23)13-24-19(25)11-15-5-2-3-7-18(15)22-24/h8-9,11,17H,2-7,10,12-13H2,1H3. The van der Waals surface area contributed by atoms with Crippen LogP contribution in [0.25, 0.3) is 0 Å². The molecule has 0 bridgehead atoms. The highest BCUT2D eigenvalue weighted by Crippen LogP contribution is 2.21. The molecular formula is C19H25N5O. The molecule has 6 heteroatoms. The van der Waals surface area contributed by atoms with Gasteiger partial charge in [-0.1, -0.05) is 0 Å². The van der Waals surface area contributed by atoms with E-state index < -0.39 is 0 Å². The summed E-state index contributed by atoms with van der Waals surface area (Å²) in [4.78, 5) is 23.6. The molecule has 2 aromatic heterocycles. The zero-order chi connectivity index (χ0) is 17.2. The zero-order valence-corrected chi connectivity index (χ0v) is 14.8. The average Bonchev–Trinajstić information content (AvgIpc) is 3.02. The summed E-state index contributed by atoms with van der Waals surface area (Å²) < 4.78 is 1.69. The fourth-order valence-corrected chi connectivity index (χ4v) is 4.04. The van der Waals surface area contributed by atoms with Crippen molar-refractivity contribution < 1.29 is 0 Å². The van der Waals surface area contributed by atoms with Gasteiger partial charge in [0.2, 0.25) is 0 Å². The quantitative estimate of drug-likeness (QED) is 0.851. The Morgan fingerprint density at radius 1 is 1.24 bits per heavy atom. The Kier molecular flexibility index (Phi) is 4.61. The average molecular weight is 339 g/mol. The van der Waals surface area contributed by atoms with Crippen molar-refractivity contribution in [2.24, 2.45) is 0 Å². The molecule has 1 aliphatic heterocycles. The first-order valence-corrected chi connectivity index (χ1v) is 9.31. The number of aromatic nitrogens is 4. The van der Waals surface area contributed by atoms with E-state index in [0.29, 0.717) is 12.6 Å². The van der Waals surface area contributed by atoms with Gasteiger partial charge in [0.25, 0.3) is 5.56 Å². The van der Waals surface area contributed by atoms with E-state index in [9.17, 15) is 4.79 Å². The number of aryl methyl sites for hydroxylation is 3. The molecule has 0 aromatic carbocycles. The van der Waals surface area contributed by atoms with Gasteiger partial charge in [-0.15, -0.1) is 0 Å². The van der Waals surface area contributed by atoms with Gasteiger partial charge in [0.15, 0.2) is 0 Å². The first-order valence-electron chi connectivity index (χ1n) is 9.31. The third-order valence-corrected chi connectivity index (χ3v) is 5.36. The van der Waals surface area contributed by atoms with Gasteiger partial charge in [0, 0.05) is 24.8 Å². The molecule has 25 heavy (non-hydrogen) atoms. The number of likely N-dealkylation sites (tertiary alicyclic amines) is 1. The first-order chi connectivity index (χ1) is 12.2. The summed E-state index contributed by atoms with van der Waals surface area (Å²) in [5.41, 5.74) is 3.38. The van der Waals surface area contributed by atoms with Crippen molar-refractivity contribution in [1.82, 2.24) is 24.6 Å². The van der Waals surface area contributed by atoms with Crippen LogP contribution in [0, 0.1) is 6.92 Å². The third-order valence-electron chi connectivity index (χ3n) is 5.36. The van der Waals surface area contributed by atoms with E-state index in [1.54, 1.807) is 4.68 Å². The highest BCUT2D eigenvalue weighted by atomic mass is 16.1. The number of rotatable bonds is 4. The van der Waals surface area contributed by atoms with Gasteiger partial charge in [-0.05, 0) is 63.6 Å². The van der Waals surface area contributed by atoms with E-state index >= 15 is 0 Å². The molecule has 1 saturated heterocycles. The van der Waals surface area contributed by atoms with Gasteiger partial charge in [-0.2, -0.15) is 5.10 Å². The molecule has 3 heterocycles.